The van der Waals surface area contributed by atoms with Crippen LogP contribution < -0.4 is 15.4 Å². The van der Waals surface area contributed by atoms with Crippen molar-refractivity contribution in [2.45, 2.75) is 84.7 Å². The highest BCUT2D eigenvalue weighted by Gasteiger charge is 2.41. The Morgan fingerprint density at radius 1 is 0.956 bits per heavy atom. The molecule has 0 aliphatic heterocycles. The average Bonchev–Trinajstić information content (AvgIpc) is 2.93. The van der Waals surface area contributed by atoms with Crippen molar-refractivity contribution >= 4 is 43.7 Å². The third-order valence-electron chi connectivity index (χ3n) is 7.95. The largest absolute Gasteiger partial charge is 0.342 e. The first-order chi connectivity index (χ1) is 20.7. The van der Waals surface area contributed by atoms with Crippen molar-refractivity contribution in [1.29, 1.82) is 0 Å². The first-order valence-corrected chi connectivity index (χ1v) is 17.4. The highest BCUT2D eigenvalue weighted by Crippen LogP contribution is 2.30. The molecule has 45 heavy (non-hydrogen) atoms. The quantitative estimate of drug-likeness (QED) is 0.254. The van der Waals surface area contributed by atoms with Crippen molar-refractivity contribution in [3.8, 4) is 0 Å². The minimum Gasteiger partial charge on any atom is -0.342 e. The van der Waals surface area contributed by atoms with Crippen LogP contribution in [0.3, 0.4) is 0 Å². The van der Waals surface area contributed by atoms with Gasteiger partial charge >= 0.3 is 0 Å². The molecule has 0 fully saturated rings. The van der Waals surface area contributed by atoms with Crippen LogP contribution in [0.5, 0.6) is 0 Å². The number of nitrogens with zero attached hydrogens (tertiary/aromatic N) is 1. The second-order valence-corrected chi connectivity index (χ2v) is 16.1. The van der Waals surface area contributed by atoms with E-state index in [2.05, 4.69) is 31.3 Å². The molecular weight excluding hydrogens is 656 g/mol. The van der Waals surface area contributed by atoms with Gasteiger partial charge in [-0.2, -0.15) is 0 Å². The van der Waals surface area contributed by atoms with Crippen molar-refractivity contribution in [1.82, 2.24) is 20.3 Å². The molecule has 3 N–H and O–H groups in total. The number of carbonyl (C=O) groups is 3. The van der Waals surface area contributed by atoms with E-state index in [1.54, 1.807) is 50.5 Å². The molecule has 0 bridgehead atoms. The molecule has 3 amide bonds. The molecule has 2 aromatic rings. The maximum absolute atomic E-state index is 14.1. The number of carbonyl (C=O) groups excluding carboxylic acids is 3. The predicted molar refractivity (Wildman–Crippen MR) is 184 cm³/mol. The van der Waals surface area contributed by atoms with Gasteiger partial charge in [0, 0.05) is 22.5 Å². The number of benzene rings is 2. The predicted octanol–water partition coefficient (Wildman–Crippen LogP) is 4.92. The van der Waals surface area contributed by atoms with Crippen molar-refractivity contribution in [2.75, 3.05) is 14.1 Å². The van der Waals surface area contributed by atoms with Crippen molar-refractivity contribution in [3.05, 3.63) is 81.8 Å². The van der Waals surface area contributed by atoms with Gasteiger partial charge in [0.15, 0.2) is 0 Å². The molecule has 0 aromatic heterocycles. The van der Waals surface area contributed by atoms with Crippen molar-refractivity contribution < 1.29 is 22.8 Å². The zero-order valence-electron chi connectivity index (χ0n) is 28.1. The van der Waals surface area contributed by atoms with Gasteiger partial charge in [-0.1, -0.05) is 113 Å². The van der Waals surface area contributed by atoms with Crippen LogP contribution >= 0.6 is 15.9 Å². The Morgan fingerprint density at radius 3 is 2.07 bits per heavy atom. The number of sulfonamides is 1. The molecule has 2 rings (SSSR count). The lowest BCUT2D eigenvalue weighted by molar-refractivity contribution is -0.140. The zero-order valence-corrected chi connectivity index (χ0v) is 30.5. The van der Waals surface area contributed by atoms with Crippen LogP contribution in [0.1, 0.15) is 66.5 Å². The summed E-state index contributed by atoms with van der Waals surface area (Å²) in [5, 5.41) is 6.16. The van der Waals surface area contributed by atoms with E-state index in [0.29, 0.717) is 5.56 Å². The SMILES string of the molecule is CN[C@H](C(=O)N[C@H](C(=O)N(C)C(C=C(C)C(=O)NS(=O)(=O)Cc1ccccc1)C(C)C)C(C)(C)C)C(C)(C)c1cccc(Br)c1. The number of halogens is 1. The molecule has 0 heterocycles. The summed E-state index contributed by atoms with van der Waals surface area (Å²) in [6.45, 7) is 14.9. The van der Waals surface area contributed by atoms with E-state index >= 15 is 0 Å². The number of nitrogens with one attached hydrogen (secondary N) is 3. The van der Waals surface area contributed by atoms with Gasteiger partial charge in [-0.05, 0) is 48.6 Å². The summed E-state index contributed by atoms with van der Waals surface area (Å²) in [7, 11) is -0.589. The highest BCUT2D eigenvalue weighted by atomic mass is 79.9. The number of likely N-dealkylation sites (N-methyl/N-ethyl adjacent to an activating group) is 2. The molecule has 3 atom stereocenters. The summed E-state index contributed by atoms with van der Waals surface area (Å²) in [6, 6.07) is 14.3. The van der Waals surface area contributed by atoms with Crippen molar-refractivity contribution in [2.24, 2.45) is 11.3 Å². The second-order valence-electron chi connectivity index (χ2n) is 13.5. The average molecular weight is 706 g/mol. The van der Waals surface area contributed by atoms with E-state index in [0.717, 1.165) is 10.0 Å². The van der Waals surface area contributed by atoms with Crippen LogP contribution in [0.25, 0.3) is 0 Å². The van der Waals surface area contributed by atoms with Crippen LogP contribution in [0.2, 0.25) is 0 Å². The fourth-order valence-corrected chi connectivity index (χ4v) is 6.78. The van der Waals surface area contributed by atoms with Gasteiger partial charge in [0.05, 0.1) is 17.8 Å². The summed E-state index contributed by atoms with van der Waals surface area (Å²) in [6.07, 6.45) is 1.60. The summed E-state index contributed by atoms with van der Waals surface area (Å²) in [4.78, 5) is 42.4. The molecular formula is C34H49BrN4O5S. The van der Waals surface area contributed by atoms with E-state index in [1.165, 1.54) is 11.8 Å². The van der Waals surface area contributed by atoms with Crippen LogP contribution in [-0.2, 0) is 35.6 Å². The van der Waals surface area contributed by atoms with Crippen LogP contribution in [0.4, 0.5) is 0 Å². The van der Waals surface area contributed by atoms with E-state index in [1.807, 2.05) is 72.7 Å². The number of hydrogen-bond donors (Lipinski definition) is 3. The lowest BCUT2D eigenvalue weighted by atomic mass is 9.76. The number of amides is 3. The Kier molecular flexibility index (Phi) is 13.2. The van der Waals surface area contributed by atoms with Gasteiger partial charge in [0.2, 0.25) is 21.8 Å². The lowest BCUT2D eigenvalue weighted by Gasteiger charge is -2.40. The lowest BCUT2D eigenvalue weighted by Crippen LogP contribution is -2.61. The van der Waals surface area contributed by atoms with Gasteiger partial charge < -0.3 is 15.5 Å². The van der Waals surface area contributed by atoms with Crippen molar-refractivity contribution in [3.63, 3.8) is 0 Å². The molecule has 1 unspecified atom stereocenters. The van der Waals surface area contributed by atoms with E-state index < -0.39 is 44.9 Å². The fraction of sp³-hybridized carbons (Fsp3) is 0.500. The fourth-order valence-electron chi connectivity index (χ4n) is 5.24. The van der Waals surface area contributed by atoms with Crippen LogP contribution in [-0.4, -0.2) is 63.3 Å². The van der Waals surface area contributed by atoms with Gasteiger partial charge in [-0.25, -0.2) is 13.1 Å². The Hall–Kier alpha value is -3.02. The third-order valence-corrected chi connectivity index (χ3v) is 9.65. The Balaban J connectivity index is 2.30. The monoisotopic (exact) mass is 704 g/mol. The van der Waals surface area contributed by atoms with E-state index in [4.69, 9.17) is 0 Å². The topological polar surface area (TPSA) is 125 Å². The molecule has 0 saturated heterocycles. The Morgan fingerprint density at radius 2 is 1.56 bits per heavy atom. The zero-order chi connectivity index (χ0) is 34.3. The van der Waals surface area contributed by atoms with E-state index in [-0.39, 0.29) is 29.1 Å². The molecule has 9 nitrogen and oxygen atoms in total. The molecule has 0 aliphatic rings. The summed E-state index contributed by atoms with van der Waals surface area (Å²) < 4.78 is 28.4. The molecule has 2 aromatic carbocycles. The summed E-state index contributed by atoms with van der Waals surface area (Å²) in [5.41, 5.74) is 0.399. The van der Waals surface area contributed by atoms with Gasteiger partial charge in [-0.3, -0.25) is 14.4 Å². The minimum absolute atomic E-state index is 0.125. The Bertz CT molecular complexity index is 1480. The molecule has 0 aliphatic carbocycles. The number of rotatable bonds is 13. The molecule has 0 saturated carbocycles. The summed E-state index contributed by atoms with van der Waals surface area (Å²) in [5.74, 6) is -1.87. The van der Waals surface area contributed by atoms with Gasteiger partial charge in [-0.15, -0.1) is 0 Å². The first kappa shape index (κ1) is 38.2. The van der Waals surface area contributed by atoms with E-state index in [9.17, 15) is 22.8 Å². The standard InChI is InChI=1S/C34H49BrN4O5S/c1-22(2)27(19-23(3)30(40)38-45(43,44)21-24-15-12-11-13-16-24)39(10)32(42)29(33(4,5)6)37-31(41)28(36-9)34(7,8)25-17-14-18-26(35)20-25/h11-20,22,27-29,36H,21H2,1-10H3,(H,37,41)(H,38,40)/t27?,28-,29-/m1/s1. The van der Waals surface area contributed by atoms with Gasteiger partial charge in [0.25, 0.3) is 5.91 Å². The second kappa shape index (κ2) is 15.5. The number of hydrogen-bond acceptors (Lipinski definition) is 6. The van der Waals surface area contributed by atoms with Gasteiger partial charge in [0.1, 0.15) is 6.04 Å². The third kappa shape index (κ3) is 10.5. The smallest absolute Gasteiger partial charge is 0.260 e. The molecule has 248 valence electrons. The normalized spacial score (nSPS) is 14.8. The maximum Gasteiger partial charge on any atom is 0.260 e. The highest BCUT2D eigenvalue weighted by molar-refractivity contribution is 9.10. The molecule has 0 spiro atoms. The first-order valence-electron chi connectivity index (χ1n) is 15.0. The molecule has 11 heteroatoms. The molecule has 0 radical (unpaired) electrons. The van der Waals surface area contributed by atoms with Crippen LogP contribution in [0, 0.1) is 11.3 Å². The van der Waals surface area contributed by atoms with Crippen LogP contribution in [0.15, 0.2) is 70.7 Å². The Labute approximate surface area is 277 Å². The maximum atomic E-state index is 14.1. The minimum atomic E-state index is -3.94. The summed E-state index contributed by atoms with van der Waals surface area (Å²) >= 11 is 3.51.